The van der Waals surface area contributed by atoms with Crippen molar-refractivity contribution in [3.05, 3.63) is 24.8 Å². The minimum absolute atomic E-state index is 0.266. The fourth-order valence-corrected chi connectivity index (χ4v) is 2.56. The van der Waals surface area contributed by atoms with Gasteiger partial charge in [0.1, 0.15) is 13.2 Å². The number of rotatable bonds is 6. The van der Waals surface area contributed by atoms with Crippen LogP contribution in [0.4, 0.5) is 0 Å². The predicted octanol–water partition coefficient (Wildman–Crippen LogP) is 3.03. The Bertz CT molecular complexity index is 399. The van der Waals surface area contributed by atoms with Crippen molar-refractivity contribution >= 4 is 11.9 Å². The van der Waals surface area contributed by atoms with Gasteiger partial charge in [-0.3, -0.25) is 0 Å². The first kappa shape index (κ1) is 16.5. The zero-order valence-corrected chi connectivity index (χ0v) is 12.4. The summed E-state index contributed by atoms with van der Waals surface area (Å²) in [6.45, 7) is 11.2. The van der Waals surface area contributed by atoms with Crippen LogP contribution in [-0.4, -0.2) is 25.2 Å². The number of esters is 2. The van der Waals surface area contributed by atoms with Crippen LogP contribution in [0.2, 0.25) is 0 Å². The van der Waals surface area contributed by atoms with Crippen LogP contribution in [-0.2, 0) is 19.1 Å². The van der Waals surface area contributed by atoms with E-state index >= 15 is 0 Å². The van der Waals surface area contributed by atoms with E-state index in [1.165, 1.54) is 0 Å². The van der Waals surface area contributed by atoms with Crippen LogP contribution in [0.15, 0.2) is 24.8 Å². The van der Waals surface area contributed by atoms with Crippen LogP contribution in [0.3, 0.4) is 0 Å². The third-order valence-electron chi connectivity index (χ3n) is 4.11. The molecule has 0 saturated heterocycles. The van der Waals surface area contributed by atoms with E-state index in [1.54, 1.807) is 6.92 Å². The Hall–Kier alpha value is -1.58. The molecule has 2 unspecified atom stereocenters. The summed E-state index contributed by atoms with van der Waals surface area (Å²) in [5.41, 5.74) is 0.0915. The molecule has 1 saturated carbocycles. The minimum atomic E-state index is -0.437. The third kappa shape index (κ3) is 4.22. The van der Waals surface area contributed by atoms with Crippen LogP contribution in [0, 0.1) is 11.3 Å². The van der Waals surface area contributed by atoms with Crippen molar-refractivity contribution in [1.29, 1.82) is 0 Å². The summed E-state index contributed by atoms with van der Waals surface area (Å²) in [7, 11) is 0. The molecule has 1 fully saturated rings. The van der Waals surface area contributed by atoms with Gasteiger partial charge in [-0.15, -0.1) is 0 Å². The van der Waals surface area contributed by atoms with E-state index in [1.807, 2.05) is 0 Å². The molecule has 20 heavy (non-hydrogen) atoms. The molecule has 0 aromatic carbocycles. The number of hydrogen-bond acceptors (Lipinski definition) is 4. The molecule has 0 heterocycles. The Morgan fingerprint density at radius 3 is 2.50 bits per heavy atom. The van der Waals surface area contributed by atoms with Gasteiger partial charge in [-0.2, -0.15) is 0 Å². The van der Waals surface area contributed by atoms with Crippen molar-refractivity contribution in [3.63, 3.8) is 0 Å². The molecular weight excluding hydrogens is 256 g/mol. The van der Waals surface area contributed by atoms with Crippen molar-refractivity contribution < 1.29 is 19.1 Å². The lowest BCUT2D eigenvalue weighted by Gasteiger charge is -2.41. The molecule has 0 aromatic heterocycles. The van der Waals surface area contributed by atoms with E-state index in [2.05, 4.69) is 20.1 Å². The molecule has 0 aliphatic heterocycles. The molecular formula is C16H24O4. The van der Waals surface area contributed by atoms with Gasteiger partial charge >= 0.3 is 11.9 Å². The molecule has 0 aromatic rings. The second-order valence-electron chi connectivity index (χ2n) is 5.68. The largest absolute Gasteiger partial charge is 0.462 e. The van der Waals surface area contributed by atoms with Crippen molar-refractivity contribution in [1.82, 2.24) is 0 Å². The van der Waals surface area contributed by atoms with Gasteiger partial charge in [0.2, 0.25) is 0 Å². The monoisotopic (exact) mass is 280 g/mol. The quantitative estimate of drug-likeness (QED) is 0.554. The Morgan fingerprint density at radius 2 is 1.95 bits per heavy atom. The van der Waals surface area contributed by atoms with E-state index < -0.39 is 11.9 Å². The summed E-state index contributed by atoms with van der Waals surface area (Å²) in [5, 5.41) is 0. The molecule has 0 spiro atoms. The Kier molecular flexibility index (Phi) is 5.99. The van der Waals surface area contributed by atoms with Crippen molar-refractivity contribution in [2.24, 2.45) is 11.3 Å². The van der Waals surface area contributed by atoms with Gasteiger partial charge < -0.3 is 9.47 Å². The topological polar surface area (TPSA) is 52.6 Å². The summed E-state index contributed by atoms with van der Waals surface area (Å²) in [6, 6.07) is 0. The highest BCUT2D eigenvalue weighted by Crippen LogP contribution is 2.41. The first-order chi connectivity index (χ1) is 9.41. The fraction of sp³-hybridized carbons (Fsp3) is 0.625. The Balaban J connectivity index is 2.72. The molecule has 1 rings (SSSR count). The molecule has 0 radical (unpaired) electrons. The van der Waals surface area contributed by atoms with Gasteiger partial charge in [-0.05, 0) is 25.7 Å². The maximum Gasteiger partial charge on any atom is 0.333 e. The van der Waals surface area contributed by atoms with Crippen LogP contribution in [0.25, 0.3) is 0 Å². The van der Waals surface area contributed by atoms with E-state index in [0.29, 0.717) is 11.5 Å². The van der Waals surface area contributed by atoms with Crippen LogP contribution >= 0.6 is 0 Å². The molecule has 4 heteroatoms. The first-order valence-corrected chi connectivity index (χ1v) is 7.03. The molecule has 1 aliphatic rings. The summed E-state index contributed by atoms with van der Waals surface area (Å²) in [4.78, 5) is 22.9. The lowest BCUT2D eigenvalue weighted by molar-refractivity contribution is -0.153. The number of carbonyl (C=O) groups is 2. The van der Waals surface area contributed by atoms with Gasteiger partial charge in [-0.1, -0.05) is 32.9 Å². The Morgan fingerprint density at radius 1 is 1.30 bits per heavy atom. The average Bonchev–Trinajstić information content (AvgIpc) is 2.44. The predicted molar refractivity (Wildman–Crippen MR) is 77.0 cm³/mol. The lowest BCUT2D eigenvalue weighted by atomic mass is 9.68. The van der Waals surface area contributed by atoms with Crippen LogP contribution in [0.5, 0.6) is 0 Å². The minimum Gasteiger partial charge on any atom is -0.462 e. The number of hydrogen-bond donors (Lipinski definition) is 0. The molecule has 4 nitrogen and oxygen atoms in total. The van der Waals surface area contributed by atoms with Gasteiger partial charge in [0.25, 0.3) is 0 Å². The smallest absolute Gasteiger partial charge is 0.333 e. The highest BCUT2D eigenvalue weighted by Gasteiger charge is 2.40. The molecule has 2 atom stereocenters. The molecule has 0 N–H and O–H groups in total. The Labute approximate surface area is 120 Å². The van der Waals surface area contributed by atoms with Gasteiger partial charge in [0.15, 0.2) is 0 Å². The summed E-state index contributed by atoms with van der Waals surface area (Å²) in [6.07, 6.45) is 5.31. The zero-order chi connectivity index (χ0) is 15.2. The number of ether oxygens (including phenoxy) is 2. The summed E-state index contributed by atoms with van der Waals surface area (Å²) in [5.74, 6) is -0.489. The summed E-state index contributed by atoms with van der Waals surface area (Å²) >= 11 is 0. The molecule has 112 valence electrons. The first-order valence-electron chi connectivity index (χ1n) is 7.03. The number of carbonyl (C=O) groups excluding carboxylic acids is 2. The van der Waals surface area contributed by atoms with E-state index in [4.69, 9.17) is 9.47 Å². The maximum atomic E-state index is 11.6. The van der Waals surface area contributed by atoms with E-state index in [9.17, 15) is 9.59 Å². The van der Waals surface area contributed by atoms with Gasteiger partial charge in [-0.25, -0.2) is 9.59 Å². The second-order valence-corrected chi connectivity index (χ2v) is 5.68. The lowest BCUT2D eigenvalue weighted by Crippen LogP contribution is -2.42. The van der Waals surface area contributed by atoms with Crippen molar-refractivity contribution in [2.45, 2.75) is 39.5 Å². The molecule has 0 bridgehead atoms. The average molecular weight is 280 g/mol. The highest BCUT2D eigenvalue weighted by atomic mass is 16.5. The summed E-state index contributed by atoms with van der Waals surface area (Å²) < 4.78 is 10.6. The molecule has 0 amide bonds. The van der Waals surface area contributed by atoms with Gasteiger partial charge in [0, 0.05) is 17.1 Å². The second kappa shape index (κ2) is 7.27. The molecule has 1 aliphatic carbocycles. The highest BCUT2D eigenvalue weighted by molar-refractivity contribution is 5.86. The maximum absolute atomic E-state index is 11.6. The van der Waals surface area contributed by atoms with Crippen LogP contribution < -0.4 is 0 Å². The SMILES string of the molecule is C=CC(=O)OCC1(COC(=O)C(=C)C)CCCCC1C. The van der Waals surface area contributed by atoms with Crippen LogP contribution in [0.1, 0.15) is 39.5 Å². The zero-order valence-electron chi connectivity index (χ0n) is 12.4. The van der Waals surface area contributed by atoms with E-state index in [0.717, 1.165) is 31.8 Å². The standard InChI is InChI=1S/C16H24O4/c1-5-14(17)19-10-16(9-7-6-8-13(16)4)11-20-15(18)12(2)3/h5,13H,1-2,6-11H2,3-4H3. The third-order valence-corrected chi connectivity index (χ3v) is 4.11. The van der Waals surface area contributed by atoms with E-state index in [-0.39, 0.29) is 18.6 Å². The van der Waals surface area contributed by atoms with Crippen molar-refractivity contribution in [2.75, 3.05) is 13.2 Å². The van der Waals surface area contributed by atoms with Gasteiger partial charge in [0.05, 0.1) is 0 Å². The normalized spacial score (nSPS) is 25.6. The fourth-order valence-electron chi connectivity index (χ4n) is 2.56. The van der Waals surface area contributed by atoms with Crippen molar-refractivity contribution in [3.8, 4) is 0 Å².